The highest BCUT2D eigenvalue weighted by molar-refractivity contribution is 7.09. The maximum Gasteiger partial charge on any atom is 0.326 e. The van der Waals surface area contributed by atoms with Crippen LogP contribution in [0, 0.1) is 6.92 Å². The number of carboxylic acids is 1. The zero-order valence-electron chi connectivity index (χ0n) is 10.5. The van der Waals surface area contributed by atoms with Crippen molar-refractivity contribution >= 4 is 28.7 Å². The van der Waals surface area contributed by atoms with Gasteiger partial charge in [0.1, 0.15) is 11.9 Å². The summed E-state index contributed by atoms with van der Waals surface area (Å²) >= 11 is 1.05. The third-order valence-electron chi connectivity index (χ3n) is 2.88. The lowest BCUT2D eigenvalue weighted by atomic mass is 10.2. The maximum absolute atomic E-state index is 12.0. The minimum Gasteiger partial charge on any atom is -0.480 e. The second kappa shape index (κ2) is 5.49. The number of ether oxygens (including phenoxy) is 1. The van der Waals surface area contributed by atoms with E-state index >= 15 is 0 Å². The molecule has 0 radical (unpaired) electrons. The summed E-state index contributed by atoms with van der Waals surface area (Å²) in [5.41, 5.74) is 0. The van der Waals surface area contributed by atoms with E-state index in [1.807, 2.05) is 0 Å². The summed E-state index contributed by atoms with van der Waals surface area (Å²) in [7, 11) is 1.50. The van der Waals surface area contributed by atoms with Gasteiger partial charge in [0.25, 0.3) is 0 Å². The lowest BCUT2D eigenvalue weighted by Gasteiger charge is -2.20. The molecule has 9 heteroatoms. The Morgan fingerprint density at radius 1 is 1.58 bits per heavy atom. The number of anilines is 1. The number of carbonyl (C=O) groups is 2. The molecule has 1 fully saturated rings. The number of methoxy groups -OCH3 is 1. The molecule has 0 aliphatic carbocycles. The zero-order valence-corrected chi connectivity index (χ0v) is 11.3. The summed E-state index contributed by atoms with van der Waals surface area (Å²) in [5.74, 6) is -0.477. The molecule has 1 aromatic heterocycles. The fraction of sp³-hybridized carbons (Fsp3) is 0.600. The van der Waals surface area contributed by atoms with Crippen LogP contribution in [0.5, 0.6) is 0 Å². The van der Waals surface area contributed by atoms with Crippen LogP contribution in [0.1, 0.15) is 12.2 Å². The number of aromatic nitrogens is 2. The first-order valence-electron chi connectivity index (χ1n) is 5.64. The Bertz CT molecular complexity index is 492. The molecule has 1 aliphatic rings. The summed E-state index contributed by atoms with van der Waals surface area (Å²) < 4.78 is 9.05. The van der Waals surface area contributed by atoms with Crippen LogP contribution in [-0.4, -0.2) is 57.2 Å². The highest BCUT2D eigenvalue weighted by Crippen LogP contribution is 2.22. The van der Waals surface area contributed by atoms with E-state index in [0.29, 0.717) is 11.0 Å². The minimum absolute atomic E-state index is 0.247. The van der Waals surface area contributed by atoms with Gasteiger partial charge in [0.15, 0.2) is 0 Å². The van der Waals surface area contributed by atoms with Crippen molar-refractivity contribution in [3.8, 4) is 0 Å². The number of carbonyl (C=O) groups excluding carboxylic acids is 1. The van der Waals surface area contributed by atoms with E-state index in [1.54, 1.807) is 6.92 Å². The first kappa shape index (κ1) is 13.7. The Balaban J connectivity index is 2.06. The average Bonchev–Trinajstić information content (AvgIpc) is 2.95. The topological polar surface area (TPSA) is 105 Å². The van der Waals surface area contributed by atoms with Gasteiger partial charge in [0.05, 0.1) is 6.10 Å². The van der Waals surface area contributed by atoms with Crippen LogP contribution in [-0.2, 0) is 9.53 Å². The van der Waals surface area contributed by atoms with E-state index in [9.17, 15) is 9.59 Å². The summed E-state index contributed by atoms with van der Waals surface area (Å²) in [6, 6.07) is -1.37. The molecular formula is C10H14N4O4S. The fourth-order valence-corrected chi connectivity index (χ4v) is 2.50. The largest absolute Gasteiger partial charge is 0.480 e. The highest BCUT2D eigenvalue weighted by atomic mass is 32.1. The Hall–Kier alpha value is -1.74. The number of hydrogen-bond donors (Lipinski definition) is 2. The molecule has 2 rings (SSSR count). The van der Waals surface area contributed by atoms with Gasteiger partial charge in [-0.2, -0.15) is 4.37 Å². The van der Waals surface area contributed by atoms with Gasteiger partial charge in [0.2, 0.25) is 5.13 Å². The van der Waals surface area contributed by atoms with Crippen molar-refractivity contribution in [2.75, 3.05) is 19.0 Å². The third-order valence-corrected chi connectivity index (χ3v) is 3.61. The van der Waals surface area contributed by atoms with Gasteiger partial charge >= 0.3 is 12.0 Å². The number of aryl methyl sites for hydroxylation is 1. The van der Waals surface area contributed by atoms with Crippen LogP contribution in [0.2, 0.25) is 0 Å². The third kappa shape index (κ3) is 2.99. The standard InChI is InChI=1S/C10H14N4O4S/c1-5-11-9(19-13-5)12-10(17)14-4-6(18-2)3-7(14)8(15)16/h6-7H,3-4H2,1-2H3,(H,15,16)(H,11,12,13,17). The van der Waals surface area contributed by atoms with E-state index in [-0.39, 0.29) is 19.1 Å². The molecule has 2 heterocycles. The molecule has 2 atom stereocenters. The predicted octanol–water partition coefficient (Wildman–Crippen LogP) is 0.552. The Morgan fingerprint density at radius 2 is 2.32 bits per heavy atom. The normalized spacial score (nSPS) is 22.5. The summed E-state index contributed by atoms with van der Waals surface area (Å²) in [4.78, 5) is 28.4. The van der Waals surface area contributed by atoms with Crippen LogP contribution >= 0.6 is 11.5 Å². The van der Waals surface area contributed by atoms with Crippen LogP contribution in [0.3, 0.4) is 0 Å². The Kier molecular flexibility index (Phi) is 3.96. The van der Waals surface area contributed by atoms with Gasteiger partial charge < -0.3 is 14.7 Å². The number of amides is 2. The van der Waals surface area contributed by atoms with E-state index in [1.165, 1.54) is 12.0 Å². The number of hydrogen-bond acceptors (Lipinski definition) is 6. The van der Waals surface area contributed by atoms with E-state index in [2.05, 4.69) is 14.7 Å². The van der Waals surface area contributed by atoms with Crippen LogP contribution < -0.4 is 5.32 Å². The highest BCUT2D eigenvalue weighted by Gasteiger charge is 2.40. The fourth-order valence-electron chi connectivity index (χ4n) is 1.94. The number of rotatable bonds is 3. The molecule has 0 aromatic carbocycles. The van der Waals surface area contributed by atoms with Crippen molar-refractivity contribution in [1.29, 1.82) is 0 Å². The van der Waals surface area contributed by atoms with Gasteiger partial charge in [-0.1, -0.05) is 0 Å². The first-order chi connectivity index (χ1) is 9.01. The molecule has 0 bridgehead atoms. The van der Waals surface area contributed by atoms with Crippen LogP contribution in [0.15, 0.2) is 0 Å². The summed E-state index contributed by atoms with van der Waals surface area (Å²) in [5, 5.41) is 12.0. The molecule has 104 valence electrons. The number of nitrogens with zero attached hydrogens (tertiary/aromatic N) is 3. The van der Waals surface area contributed by atoms with Crippen molar-refractivity contribution < 1.29 is 19.4 Å². The molecule has 1 saturated heterocycles. The van der Waals surface area contributed by atoms with Crippen LogP contribution in [0.25, 0.3) is 0 Å². The van der Waals surface area contributed by atoms with Crippen LogP contribution in [0.4, 0.5) is 9.93 Å². The molecule has 2 N–H and O–H groups in total. The maximum atomic E-state index is 12.0. The molecule has 1 aliphatic heterocycles. The number of likely N-dealkylation sites (tertiary alicyclic amines) is 1. The number of aliphatic carboxylic acids is 1. The Labute approximate surface area is 113 Å². The lowest BCUT2D eigenvalue weighted by Crippen LogP contribution is -2.43. The van der Waals surface area contributed by atoms with Gasteiger partial charge in [-0.15, -0.1) is 0 Å². The van der Waals surface area contributed by atoms with Gasteiger partial charge in [-0.25, -0.2) is 14.6 Å². The van der Waals surface area contributed by atoms with Crippen molar-refractivity contribution in [3.63, 3.8) is 0 Å². The molecule has 8 nitrogen and oxygen atoms in total. The average molecular weight is 286 g/mol. The second-order valence-corrected chi connectivity index (χ2v) is 4.93. The number of urea groups is 1. The molecule has 19 heavy (non-hydrogen) atoms. The predicted molar refractivity (Wildman–Crippen MR) is 67.2 cm³/mol. The van der Waals surface area contributed by atoms with Crippen molar-refractivity contribution in [2.24, 2.45) is 0 Å². The molecular weight excluding hydrogens is 272 g/mol. The summed E-state index contributed by atoms with van der Waals surface area (Å²) in [6.07, 6.45) is 0.0250. The summed E-state index contributed by atoms with van der Waals surface area (Å²) in [6.45, 7) is 1.96. The van der Waals surface area contributed by atoms with E-state index in [4.69, 9.17) is 9.84 Å². The van der Waals surface area contributed by atoms with Crippen molar-refractivity contribution in [2.45, 2.75) is 25.5 Å². The van der Waals surface area contributed by atoms with Gasteiger partial charge in [0, 0.05) is 31.6 Å². The second-order valence-electron chi connectivity index (χ2n) is 4.18. The van der Waals surface area contributed by atoms with Crippen molar-refractivity contribution in [3.05, 3.63) is 5.82 Å². The number of carboxylic acid groups (broad SMARTS) is 1. The Morgan fingerprint density at radius 3 is 2.84 bits per heavy atom. The van der Waals surface area contributed by atoms with E-state index in [0.717, 1.165) is 11.5 Å². The zero-order chi connectivity index (χ0) is 14.0. The SMILES string of the molecule is COC1CC(C(=O)O)N(C(=O)Nc2nc(C)ns2)C1. The lowest BCUT2D eigenvalue weighted by molar-refractivity contribution is -0.141. The molecule has 0 saturated carbocycles. The smallest absolute Gasteiger partial charge is 0.326 e. The van der Waals surface area contributed by atoms with Crippen molar-refractivity contribution in [1.82, 2.24) is 14.3 Å². The molecule has 1 aromatic rings. The molecule has 2 amide bonds. The van der Waals surface area contributed by atoms with Gasteiger partial charge in [-0.3, -0.25) is 5.32 Å². The number of nitrogens with one attached hydrogen (secondary N) is 1. The molecule has 2 unspecified atom stereocenters. The first-order valence-corrected chi connectivity index (χ1v) is 6.42. The minimum atomic E-state index is -1.04. The van der Waals surface area contributed by atoms with E-state index < -0.39 is 18.0 Å². The molecule has 0 spiro atoms. The van der Waals surface area contributed by atoms with Gasteiger partial charge in [-0.05, 0) is 6.92 Å². The quantitative estimate of drug-likeness (QED) is 0.841. The monoisotopic (exact) mass is 286 g/mol.